The number of halogens is 6. The monoisotopic (exact) mass is 605 g/mol. The van der Waals surface area contributed by atoms with Gasteiger partial charge in [0, 0.05) is 49.1 Å². The van der Waals surface area contributed by atoms with Gasteiger partial charge in [-0.3, -0.25) is 9.78 Å². The first-order chi connectivity index (χ1) is 19.1. The van der Waals surface area contributed by atoms with Gasteiger partial charge in [0.1, 0.15) is 6.10 Å². The number of fused-ring (bicyclic) bond motifs is 1. The molecule has 2 fully saturated rings. The van der Waals surface area contributed by atoms with Gasteiger partial charge in [-0.15, -0.1) is 11.8 Å². The quantitative estimate of drug-likeness (QED) is 0.409. The Morgan fingerprint density at radius 2 is 1.51 bits per heavy atom. The van der Waals surface area contributed by atoms with Crippen LogP contribution in [0.2, 0.25) is 0 Å². The number of ether oxygens (including phenoxy) is 1. The van der Waals surface area contributed by atoms with Gasteiger partial charge < -0.3 is 19.8 Å². The van der Waals surface area contributed by atoms with E-state index in [1.54, 1.807) is 12.4 Å². The molecule has 2 N–H and O–H groups in total. The van der Waals surface area contributed by atoms with Crippen molar-refractivity contribution in [1.82, 2.24) is 14.9 Å². The lowest BCUT2D eigenvalue weighted by atomic mass is 9.92. The molecule has 16 heteroatoms. The molecule has 1 spiro atoms. The van der Waals surface area contributed by atoms with Crippen LogP contribution in [-0.4, -0.2) is 85.0 Å². The number of alkyl halides is 6. The Balaban J connectivity index is 0.000000276. The summed E-state index contributed by atoms with van der Waals surface area (Å²) in [6, 6.07) is 15.5. The molecule has 41 heavy (non-hydrogen) atoms. The van der Waals surface area contributed by atoms with Crippen molar-refractivity contribution >= 4 is 40.5 Å². The van der Waals surface area contributed by atoms with Crippen LogP contribution < -0.4 is 4.74 Å². The van der Waals surface area contributed by atoms with E-state index in [0.717, 1.165) is 36.2 Å². The summed E-state index contributed by atoms with van der Waals surface area (Å²) in [7, 11) is 0. The second kappa shape index (κ2) is 12.6. The first kappa shape index (κ1) is 31.4. The third kappa shape index (κ3) is 8.70. The number of thioether (sulfide) groups is 1. The number of rotatable bonds is 3. The average Bonchev–Trinajstić information content (AvgIpc) is 3.31. The lowest BCUT2D eigenvalue weighted by molar-refractivity contribution is -0.193. The lowest BCUT2D eigenvalue weighted by Crippen LogP contribution is -2.60. The summed E-state index contributed by atoms with van der Waals surface area (Å²) >= 11 is 1.92. The summed E-state index contributed by atoms with van der Waals surface area (Å²) < 4.78 is 69.6. The Bertz CT molecular complexity index is 1360. The van der Waals surface area contributed by atoms with E-state index in [2.05, 4.69) is 9.97 Å². The highest BCUT2D eigenvalue weighted by molar-refractivity contribution is 8.01. The number of carbonyl (C=O) groups is 3. The fourth-order valence-corrected chi connectivity index (χ4v) is 5.37. The zero-order valence-electron chi connectivity index (χ0n) is 20.7. The van der Waals surface area contributed by atoms with E-state index in [-0.39, 0.29) is 16.8 Å². The number of para-hydroxylation sites is 1. The third-order valence-corrected chi connectivity index (χ3v) is 7.24. The van der Waals surface area contributed by atoms with Crippen molar-refractivity contribution in [3.8, 4) is 5.88 Å². The number of nitrogens with zero attached hydrogens (tertiary/aromatic N) is 3. The van der Waals surface area contributed by atoms with Crippen molar-refractivity contribution in [2.45, 2.75) is 29.6 Å². The summed E-state index contributed by atoms with van der Waals surface area (Å²) in [4.78, 5) is 41.2. The van der Waals surface area contributed by atoms with Crippen molar-refractivity contribution < 1.29 is 55.7 Å². The van der Waals surface area contributed by atoms with Gasteiger partial charge in [0.25, 0.3) is 5.91 Å². The molecule has 9 nitrogen and oxygen atoms in total. The van der Waals surface area contributed by atoms with Gasteiger partial charge in [0.05, 0.1) is 15.8 Å². The molecule has 1 atom stereocenters. The van der Waals surface area contributed by atoms with E-state index in [1.807, 2.05) is 65.2 Å². The molecule has 2 aliphatic heterocycles. The second-order valence-electron chi connectivity index (χ2n) is 8.79. The Morgan fingerprint density at radius 1 is 0.927 bits per heavy atom. The van der Waals surface area contributed by atoms with Gasteiger partial charge in [0.2, 0.25) is 5.88 Å². The lowest BCUT2D eigenvalue weighted by Gasteiger charge is -2.47. The number of aliphatic carboxylic acids is 2. The van der Waals surface area contributed by atoms with E-state index >= 15 is 0 Å². The number of pyridine rings is 2. The molecule has 0 bridgehead atoms. The molecule has 220 valence electrons. The van der Waals surface area contributed by atoms with Crippen LogP contribution in [0.5, 0.6) is 5.88 Å². The van der Waals surface area contributed by atoms with Gasteiger partial charge >= 0.3 is 24.3 Å². The Kier molecular flexibility index (Phi) is 9.68. The number of aromatic nitrogens is 2. The molecule has 2 aliphatic rings. The van der Waals surface area contributed by atoms with Crippen molar-refractivity contribution in [2.75, 3.05) is 18.8 Å². The summed E-state index contributed by atoms with van der Waals surface area (Å²) in [5.74, 6) is -3.83. The molecule has 4 heterocycles. The number of likely N-dealkylation sites (tertiary alicyclic amines) is 1. The molecule has 1 unspecified atom stereocenters. The Morgan fingerprint density at radius 3 is 2.07 bits per heavy atom. The number of benzene rings is 1. The van der Waals surface area contributed by atoms with Crippen molar-refractivity contribution in [3.05, 3.63) is 66.5 Å². The van der Waals surface area contributed by atoms with Gasteiger partial charge in [-0.05, 0) is 18.2 Å². The fraction of sp³-hybridized carbons (Fsp3) is 0.320. The maximum Gasteiger partial charge on any atom is 0.490 e. The number of hydrogen-bond acceptors (Lipinski definition) is 7. The minimum atomic E-state index is -5.08. The predicted molar refractivity (Wildman–Crippen MR) is 133 cm³/mol. The molecule has 0 saturated carbocycles. The molecule has 2 aromatic heterocycles. The van der Waals surface area contributed by atoms with E-state index in [0.29, 0.717) is 11.4 Å². The van der Waals surface area contributed by atoms with Gasteiger partial charge in [0.15, 0.2) is 0 Å². The first-order valence-electron chi connectivity index (χ1n) is 11.6. The van der Waals surface area contributed by atoms with Crippen LogP contribution in [0, 0.1) is 0 Å². The van der Waals surface area contributed by atoms with E-state index in [4.69, 9.17) is 24.5 Å². The number of carboxylic acids is 2. The van der Waals surface area contributed by atoms with Gasteiger partial charge in [-0.2, -0.15) is 26.3 Å². The zero-order chi connectivity index (χ0) is 30.4. The second-order valence-corrected chi connectivity index (χ2v) is 10.3. The number of carboxylic acid groups (broad SMARTS) is 2. The van der Waals surface area contributed by atoms with Crippen LogP contribution in [0.25, 0.3) is 10.9 Å². The highest BCUT2D eigenvalue weighted by atomic mass is 32.2. The van der Waals surface area contributed by atoms with Crippen molar-refractivity contribution in [3.63, 3.8) is 0 Å². The number of hydrogen-bond donors (Lipinski definition) is 2. The zero-order valence-corrected chi connectivity index (χ0v) is 21.5. The molecule has 3 aromatic rings. The SMILES string of the molecule is O=C(O)C(F)(F)F.O=C(O)C(F)(F)F.O=C(c1cnc2ccccc2c1)N1CC2(CC(Oc3ccccn3)CS2)C1. The summed E-state index contributed by atoms with van der Waals surface area (Å²) in [5, 5.41) is 15.2. The van der Waals surface area contributed by atoms with Crippen LogP contribution in [0.4, 0.5) is 26.3 Å². The van der Waals surface area contributed by atoms with Crippen LogP contribution in [0.1, 0.15) is 16.8 Å². The van der Waals surface area contributed by atoms with Crippen molar-refractivity contribution in [1.29, 1.82) is 0 Å². The van der Waals surface area contributed by atoms with Crippen LogP contribution in [0.3, 0.4) is 0 Å². The van der Waals surface area contributed by atoms with E-state index < -0.39 is 24.3 Å². The molecule has 2 saturated heterocycles. The summed E-state index contributed by atoms with van der Waals surface area (Å²) in [5.41, 5.74) is 1.57. The first-order valence-corrected chi connectivity index (χ1v) is 12.5. The van der Waals surface area contributed by atoms with Crippen LogP contribution in [0.15, 0.2) is 60.9 Å². The largest absolute Gasteiger partial charge is 0.490 e. The molecular formula is C25H21F6N3O6S. The summed E-state index contributed by atoms with van der Waals surface area (Å²) in [6.45, 7) is 1.54. The molecular weight excluding hydrogens is 584 g/mol. The maximum absolute atomic E-state index is 12.8. The Hall–Kier alpha value is -4.08. The van der Waals surface area contributed by atoms with Crippen LogP contribution >= 0.6 is 11.8 Å². The van der Waals surface area contributed by atoms with Crippen molar-refractivity contribution in [2.24, 2.45) is 0 Å². The minimum Gasteiger partial charge on any atom is -0.475 e. The minimum absolute atomic E-state index is 0.0635. The summed E-state index contributed by atoms with van der Waals surface area (Å²) in [6.07, 6.45) is -5.63. The van der Waals surface area contributed by atoms with Crippen LogP contribution in [-0.2, 0) is 9.59 Å². The Labute approximate surface area is 232 Å². The highest BCUT2D eigenvalue weighted by Crippen LogP contribution is 2.46. The molecule has 5 rings (SSSR count). The fourth-order valence-electron chi connectivity index (χ4n) is 3.85. The van der Waals surface area contributed by atoms with E-state index in [1.165, 1.54) is 0 Å². The number of carbonyl (C=O) groups excluding carboxylic acids is 1. The molecule has 0 radical (unpaired) electrons. The standard InChI is InChI=1S/C21H19N3O2S.2C2HF3O2/c25-20(16-9-15-5-1-2-6-18(15)23-11-16)24-13-21(14-24)10-17(12-27-21)26-19-7-3-4-8-22-19;2*3-2(4,5)1(6)7/h1-9,11,17H,10,12-14H2;2*(H,6,7). The third-order valence-electron chi connectivity index (χ3n) is 5.67. The van der Waals surface area contributed by atoms with E-state index in [9.17, 15) is 31.1 Å². The molecule has 1 amide bonds. The topological polar surface area (TPSA) is 130 Å². The molecule has 0 aliphatic carbocycles. The molecule has 1 aromatic carbocycles. The average molecular weight is 606 g/mol. The number of amides is 1. The smallest absolute Gasteiger partial charge is 0.475 e. The highest BCUT2D eigenvalue weighted by Gasteiger charge is 2.51. The predicted octanol–water partition coefficient (Wildman–Crippen LogP) is 4.68. The normalized spacial score (nSPS) is 17.4. The maximum atomic E-state index is 12.8. The van der Waals surface area contributed by atoms with Gasteiger partial charge in [-0.1, -0.05) is 24.3 Å². The van der Waals surface area contributed by atoms with Gasteiger partial charge in [-0.25, -0.2) is 14.6 Å².